The zero-order valence-corrected chi connectivity index (χ0v) is 20.3. The maximum absolute atomic E-state index is 12.4. The van der Waals surface area contributed by atoms with Gasteiger partial charge in [0.2, 0.25) is 0 Å². The van der Waals surface area contributed by atoms with Gasteiger partial charge >= 0.3 is 0 Å². The summed E-state index contributed by atoms with van der Waals surface area (Å²) in [4.78, 5) is 14.5. The predicted octanol–water partition coefficient (Wildman–Crippen LogP) is 5.97. The lowest BCUT2D eigenvalue weighted by molar-refractivity contribution is 0.0952. The van der Waals surface area contributed by atoms with Gasteiger partial charge in [0.1, 0.15) is 5.75 Å². The van der Waals surface area contributed by atoms with Gasteiger partial charge in [-0.15, -0.1) is 0 Å². The van der Waals surface area contributed by atoms with Gasteiger partial charge in [-0.3, -0.25) is 4.79 Å². The normalized spacial score (nSPS) is 15.3. The smallest absolute Gasteiger partial charge is 0.275 e. The lowest BCUT2D eigenvalue weighted by atomic mass is 9.88. The van der Waals surface area contributed by atoms with E-state index in [1.165, 1.54) is 12.3 Å². The molecule has 0 saturated heterocycles. The van der Waals surface area contributed by atoms with Crippen LogP contribution in [0.5, 0.6) is 5.75 Å². The molecule has 5 nitrogen and oxygen atoms in total. The molecule has 0 radical (unpaired) electrons. The lowest BCUT2D eigenvalue weighted by Crippen LogP contribution is -2.42. The summed E-state index contributed by atoms with van der Waals surface area (Å²) in [5.74, 6) is -0.688. The highest BCUT2D eigenvalue weighted by Gasteiger charge is 2.29. The summed E-state index contributed by atoms with van der Waals surface area (Å²) >= 11 is 13.0. The Balaban J connectivity index is 1.86. The molecule has 0 atom stereocenters. The largest absolute Gasteiger partial charge is 0.506 e. The average Bonchev–Trinajstić information content (AvgIpc) is 2.63. The highest BCUT2D eigenvalue weighted by Crippen LogP contribution is 2.40. The number of anilines is 1. The number of likely N-dealkylation sites (N-methyl/N-ethyl adjacent to an activating group) is 1. The van der Waals surface area contributed by atoms with Crippen molar-refractivity contribution in [1.82, 2.24) is 5.43 Å². The second-order valence-corrected chi connectivity index (χ2v) is 9.59. The summed E-state index contributed by atoms with van der Waals surface area (Å²) in [5, 5.41) is 14.6. The number of carbonyl (C=O) groups is 1. The first-order valence-corrected chi connectivity index (χ1v) is 10.8. The fourth-order valence-corrected chi connectivity index (χ4v) is 4.68. The first-order valence-electron chi connectivity index (χ1n) is 8.80. The van der Waals surface area contributed by atoms with Gasteiger partial charge < -0.3 is 10.0 Å². The fourth-order valence-electron chi connectivity index (χ4n) is 3.25. The molecule has 8 heteroatoms. The van der Waals surface area contributed by atoms with Crippen LogP contribution in [0.1, 0.15) is 42.3 Å². The minimum Gasteiger partial charge on any atom is -0.506 e. The summed E-state index contributed by atoms with van der Waals surface area (Å²) in [7, 11) is 2.04. The topological polar surface area (TPSA) is 64.9 Å². The van der Waals surface area contributed by atoms with Crippen molar-refractivity contribution in [1.29, 1.82) is 0 Å². The van der Waals surface area contributed by atoms with Crippen LogP contribution in [-0.2, 0) is 0 Å². The Morgan fingerprint density at radius 1 is 1.28 bits per heavy atom. The van der Waals surface area contributed by atoms with Gasteiger partial charge in [0.15, 0.2) is 0 Å². The standard InChI is InChI=1S/C21H20Br2ClN3O2/c1-11-9-21(2,3)27(4)18-8-17(24)12(5-14(11)18)10-25-26-20(29)15-6-13(22)7-16(23)19(15)28/h5-10,28H,1-4H3,(H,26,29)/b25-10-. The molecule has 0 spiro atoms. The molecule has 0 unspecified atom stereocenters. The maximum Gasteiger partial charge on any atom is 0.275 e. The number of rotatable bonds is 3. The number of hydrogen-bond donors (Lipinski definition) is 2. The molecule has 152 valence electrons. The number of carbonyl (C=O) groups excluding carboxylic acids is 1. The Labute approximate surface area is 191 Å². The Bertz CT molecular complexity index is 1060. The molecule has 3 rings (SSSR count). The molecular formula is C21H20Br2ClN3O2. The van der Waals surface area contributed by atoms with Crippen molar-refractivity contribution in [3.63, 3.8) is 0 Å². The van der Waals surface area contributed by atoms with Crippen LogP contribution >= 0.6 is 43.5 Å². The molecule has 1 aliphatic rings. The van der Waals surface area contributed by atoms with Crippen LogP contribution in [0.3, 0.4) is 0 Å². The molecule has 0 saturated carbocycles. The van der Waals surface area contributed by atoms with E-state index in [1.54, 1.807) is 6.07 Å². The van der Waals surface area contributed by atoms with E-state index in [0.717, 1.165) is 16.8 Å². The van der Waals surface area contributed by atoms with Gasteiger partial charge in [-0.2, -0.15) is 5.10 Å². The van der Waals surface area contributed by atoms with Crippen molar-refractivity contribution in [2.45, 2.75) is 26.3 Å². The molecule has 0 aromatic heterocycles. The van der Waals surface area contributed by atoms with Crippen molar-refractivity contribution in [3.05, 3.63) is 61.0 Å². The number of nitrogens with zero attached hydrogens (tertiary/aromatic N) is 2. The van der Waals surface area contributed by atoms with Gasteiger partial charge in [-0.05, 0) is 66.5 Å². The van der Waals surface area contributed by atoms with Crippen molar-refractivity contribution < 1.29 is 9.90 Å². The minimum absolute atomic E-state index is 0.0996. The summed E-state index contributed by atoms with van der Waals surface area (Å²) in [5.41, 5.74) is 6.38. The number of amides is 1. The number of phenols is 1. The van der Waals surface area contributed by atoms with Crippen molar-refractivity contribution in [2.24, 2.45) is 5.10 Å². The number of phenolic OH excluding ortho intramolecular Hbond substituents is 1. The van der Waals surface area contributed by atoms with Gasteiger partial charge in [0, 0.05) is 28.3 Å². The average molecular weight is 542 g/mol. The molecule has 29 heavy (non-hydrogen) atoms. The van der Waals surface area contributed by atoms with E-state index in [1.807, 2.05) is 19.2 Å². The van der Waals surface area contributed by atoms with Crippen LogP contribution < -0.4 is 10.3 Å². The summed E-state index contributed by atoms with van der Waals surface area (Å²) < 4.78 is 1.07. The first-order chi connectivity index (χ1) is 13.5. The molecule has 1 aliphatic heterocycles. The van der Waals surface area contributed by atoms with Crippen LogP contribution in [-0.4, -0.2) is 29.8 Å². The number of halogens is 3. The molecule has 1 heterocycles. The van der Waals surface area contributed by atoms with E-state index in [0.29, 0.717) is 19.5 Å². The van der Waals surface area contributed by atoms with Crippen molar-refractivity contribution >= 4 is 66.8 Å². The second kappa shape index (κ2) is 8.13. The van der Waals surface area contributed by atoms with Crippen molar-refractivity contribution in [3.8, 4) is 5.75 Å². The Hall–Kier alpha value is -1.83. The number of allylic oxidation sites excluding steroid dienone is 1. The van der Waals surface area contributed by atoms with Crippen LogP contribution in [0.2, 0.25) is 5.02 Å². The third kappa shape index (κ3) is 4.37. The SMILES string of the molecule is CC1=CC(C)(C)N(C)c2cc(Cl)c(/C=N\NC(=O)c3cc(Br)cc(Br)c3O)cc21. The zero-order valence-electron chi connectivity index (χ0n) is 16.3. The number of hydrogen-bond acceptors (Lipinski definition) is 4. The third-order valence-corrected chi connectivity index (χ3v) is 6.37. The molecule has 2 N–H and O–H groups in total. The van der Waals surface area contributed by atoms with Crippen LogP contribution in [0.4, 0.5) is 5.69 Å². The molecule has 0 aliphatic carbocycles. The van der Waals surface area contributed by atoms with Crippen molar-refractivity contribution in [2.75, 3.05) is 11.9 Å². The first kappa shape index (κ1) is 21.9. The Morgan fingerprint density at radius 3 is 2.66 bits per heavy atom. The zero-order chi connectivity index (χ0) is 21.5. The molecule has 1 amide bonds. The number of nitrogens with one attached hydrogen (secondary N) is 1. The lowest BCUT2D eigenvalue weighted by Gasteiger charge is -2.40. The number of aromatic hydroxyl groups is 1. The van der Waals surface area contributed by atoms with E-state index in [4.69, 9.17) is 11.6 Å². The quantitative estimate of drug-likeness (QED) is 0.372. The molecule has 2 aromatic carbocycles. The fraction of sp³-hybridized carbons (Fsp3) is 0.238. The van der Waals surface area contributed by atoms with Crippen LogP contribution in [0, 0.1) is 0 Å². The molecule has 0 bridgehead atoms. The minimum atomic E-state index is -0.535. The Morgan fingerprint density at radius 2 is 1.97 bits per heavy atom. The monoisotopic (exact) mass is 539 g/mol. The summed E-state index contributed by atoms with van der Waals surface area (Å²) in [6.45, 7) is 6.36. The third-order valence-electron chi connectivity index (χ3n) is 4.98. The van der Waals surface area contributed by atoms with E-state index in [-0.39, 0.29) is 16.9 Å². The van der Waals surface area contributed by atoms with Gasteiger partial charge in [-0.25, -0.2) is 5.43 Å². The number of hydrazone groups is 1. The Kier molecular flexibility index (Phi) is 6.13. The van der Waals surface area contributed by atoms with E-state index in [9.17, 15) is 9.90 Å². The molecule has 0 fully saturated rings. The number of benzene rings is 2. The van der Waals surface area contributed by atoms with Crippen LogP contribution in [0.25, 0.3) is 5.57 Å². The maximum atomic E-state index is 12.4. The molecule has 2 aromatic rings. The highest BCUT2D eigenvalue weighted by atomic mass is 79.9. The number of fused-ring (bicyclic) bond motifs is 1. The van der Waals surface area contributed by atoms with E-state index in [2.05, 4.69) is 74.1 Å². The summed E-state index contributed by atoms with van der Waals surface area (Å²) in [6, 6.07) is 7.03. The van der Waals surface area contributed by atoms with Gasteiger partial charge in [0.25, 0.3) is 5.91 Å². The van der Waals surface area contributed by atoms with Gasteiger partial charge in [-0.1, -0.05) is 33.6 Å². The van der Waals surface area contributed by atoms with Crippen LogP contribution in [0.15, 0.2) is 44.4 Å². The van der Waals surface area contributed by atoms with E-state index < -0.39 is 5.91 Å². The second-order valence-electron chi connectivity index (χ2n) is 7.41. The predicted molar refractivity (Wildman–Crippen MR) is 126 cm³/mol. The highest BCUT2D eigenvalue weighted by molar-refractivity contribution is 9.11. The molecular weight excluding hydrogens is 522 g/mol. The van der Waals surface area contributed by atoms with E-state index >= 15 is 0 Å². The summed E-state index contributed by atoms with van der Waals surface area (Å²) in [6.07, 6.45) is 3.71. The van der Waals surface area contributed by atoms with Gasteiger partial charge in [0.05, 0.1) is 26.8 Å².